The van der Waals surface area contributed by atoms with Gasteiger partial charge in [0.2, 0.25) is 5.91 Å². The zero-order valence-corrected chi connectivity index (χ0v) is 14.7. The molecule has 1 heterocycles. The van der Waals surface area contributed by atoms with Crippen molar-refractivity contribution in [2.24, 2.45) is 0 Å². The molecule has 2 amide bonds. The highest BCUT2D eigenvalue weighted by Crippen LogP contribution is 2.27. The van der Waals surface area contributed by atoms with Gasteiger partial charge in [-0.3, -0.25) is 9.59 Å². The van der Waals surface area contributed by atoms with Gasteiger partial charge in [-0.25, -0.2) is 0 Å². The second-order valence-electron chi connectivity index (χ2n) is 5.08. The van der Waals surface area contributed by atoms with E-state index in [1.165, 1.54) is 14.2 Å². The van der Waals surface area contributed by atoms with Crippen molar-refractivity contribution in [3.63, 3.8) is 0 Å². The molecule has 2 aromatic rings. The van der Waals surface area contributed by atoms with Gasteiger partial charge < -0.3 is 19.7 Å². The maximum atomic E-state index is 12.2. The van der Waals surface area contributed by atoms with Gasteiger partial charge in [0.1, 0.15) is 0 Å². The van der Waals surface area contributed by atoms with Crippen molar-refractivity contribution in [2.45, 2.75) is 6.54 Å². The van der Waals surface area contributed by atoms with E-state index >= 15 is 0 Å². The number of nitrogens with one attached hydrogen (secondary N) is 1. The Morgan fingerprint density at radius 3 is 2.54 bits per heavy atom. The van der Waals surface area contributed by atoms with E-state index in [1.54, 1.807) is 41.5 Å². The molecule has 1 aromatic carbocycles. The number of ether oxygens (including phenoxy) is 2. The summed E-state index contributed by atoms with van der Waals surface area (Å²) in [5.74, 6) is 0.512. The third-order valence-electron chi connectivity index (χ3n) is 3.44. The lowest BCUT2D eigenvalue weighted by molar-refractivity contribution is -0.129. The summed E-state index contributed by atoms with van der Waals surface area (Å²) in [4.78, 5) is 27.0. The summed E-state index contributed by atoms with van der Waals surface area (Å²) in [6.07, 6.45) is 0. The largest absolute Gasteiger partial charge is 0.493 e. The Morgan fingerprint density at radius 2 is 1.92 bits per heavy atom. The summed E-state index contributed by atoms with van der Waals surface area (Å²) >= 11 is 1.59. The normalized spacial score (nSPS) is 10.1. The third-order valence-corrected chi connectivity index (χ3v) is 4.31. The third kappa shape index (κ3) is 4.48. The highest BCUT2D eigenvalue weighted by Gasteiger charge is 2.14. The molecule has 0 spiro atoms. The van der Waals surface area contributed by atoms with Gasteiger partial charge in [0.25, 0.3) is 5.91 Å². The number of amides is 2. The van der Waals surface area contributed by atoms with E-state index in [2.05, 4.69) is 5.32 Å². The Balaban J connectivity index is 1.91. The minimum atomic E-state index is -0.339. The first-order chi connectivity index (χ1) is 11.5. The quantitative estimate of drug-likeness (QED) is 0.832. The smallest absolute Gasteiger partial charge is 0.251 e. The van der Waals surface area contributed by atoms with Gasteiger partial charge in [0.05, 0.1) is 27.3 Å². The van der Waals surface area contributed by atoms with Crippen molar-refractivity contribution in [3.05, 3.63) is 46.2 Å². The Labute approximate surface area is 145 Å². The van der Waals surface area contributed by atoms with Gasteiger partial charge in [-0.05, 0) is 29.6 Å². The van der Waals surface area contributed by atoms with Crippen molar-refractivity contribution < 1.29 is 19.1 Å². The van der Waals surface area contributed by atoms with Crippen molar-refractivity contribution >= 4 is 23.2 Å². The molecule has 0 saturated carbocycles. The van der Waals surface area contributed by atoms with Crippen LogP contribution in [0.5, 0.6) is 11.5 Å². The fourth-order valence-electron chi connectivity index (χ4n) is 2.09. The zero-order chi connectivity index (χ0) is 17.5. The predicted molar refractivity (Wildman–Crippen MR) is 92.7 cm³/mol. The number of benzene rings is 1. The van der Waals surface area contributed by atoms with E-state index < -0.39 is 0 Å². The fraction of sp³-hybridized carbons (Fsp3) is 0.294. The van der Waals surface area contributed by atoms with E-state index in [0.717, 1.165) is 4.88 Å². The standard InChI is InChI=1S/C17H20N2O4S/c1-19(11-13-5-4-8-24-13)16(20)10-18-17(21)12-6-7-14(22-2)15(9-12)23-3/h4-9H,10-11H2,1-3H3,(H,18,21). The van der Waals surface area contributed by atoms with Crippen molar-refractivity contribution in [3.8, 4) is 11.5 Å². The molecule has 6 nitrogen and oxygen atoms in total. The number of carbonyl (C=O) groups excluding carboxylic acids is 2. The Morgan fingerprint density at radius 1 is 1.17 bits per heavy atom. The number of carbonyl (C=O) groups is 2. The van der Waals surface area contributed by atoms with Gasteiger partial charge in [0, 0.05) is 17.5 Å². The van der Waals surface area contributed by atoms with Crippen LogP contribution in [0.1, 0.15) is 15.2 Å². The molecule has 128 valence electrons. The highest BCUT2D eigenvalue weighted by molar-refractivity contribution is 7.09. The van der Waals surface area contributed by atoms with Gasteiger partial charge in [-0.1, -0.05) is 6.07 Å². The number of likely N-dealkylation sites (N-methyl/N-ethyl adjacent to an activating group) is 1. The first kappa shape index (κ1) is 17.8. The Hall–Kier alpha value is -2.54. The number of nitrogens with zero attached hydrogens (tertiary/aromatic N) is 1. The van der Waals surface area contributed by atoms with E-state index in [9.17, 15) is 9.59 Å². The average molecular weight is 348 g/mol. The molecule has 2 rings (SSSR count). The van der Waals surface area contributed by atoms with Crippen LogP contribution < -0.4 is 14.8 Å². The van der Waals surface area contributed by atoms with E-state index in [-0.39, 0.29) is 18.4 Å². The number of rotatable bonds is 7. The molecular formula is C17H20N2O4S. The van der Waals surface area contributed by atoms with E-state index in [1.807, 2.05) is 17.5 Å². The summed E-state index contributed by atoms with van der Waals surface area (Å²) in [7, 11) is 4.74. The van der Waals surface area contributed by atoms with Crippen LogP contribution in [-0.4, -0.2) is 44.5 Å². The molecule has 0 saturated heterocycles. The van der Waals surface area contributed by atoms with Gasteiger partial charge >= 0.3 is 0 Å². The second-order valence-corrected chi connectivity index (χ2v) is 6.11. The maximum Gasteiger partial charge on any atom is 0.251 e. The van der Waals surface area contributed by atoms with E-state index in [0.29, 0.717) is 23.6 Å². The minimum absolute atomic E-state index is 0.0605. The summed E-state index contributed by atoms with van der Waals surface area (Å²) in [6, 6.07) is 8.76. The van der Waals surface area contributed by atoms with Gasteiger partial charge in [-0.15, -0.1) is 11.3 Å². The molecule has 1 N–H and O–H groups in total. The molecule has 7 heteroatoms. The SMILES string of the molecule is COc1ccc(C(=O)NCC(=O)N(C)Cc2cccs2)cc1OC. The summed E-state index contributed by atoms with van der Waals surface area (Å²) < 4.78 is 10.3. The molecule has 0 aliphatic carbocycles. The lowest BCUT2D eigenvalue weighted by atomic mass is 10.2. The monoisotopic (exact) mass is 348 g/mol. The molecule has 0 aliphatic heterocycles. The number of hydrogen-bond acceptors (Lipinski definition) is 5. The first-order valence-corrected chi connectivity index (χ1v) is 8.19. The highest BCUT2D eigenvalue weighted by atomic mass is 32.1. The Bertz CT molecular complexity index is 701. The molecule has 0 unspecified atom stereocenters. The Kier molecular flexibility index (Phi) is 6.20. The zero-order valence-electron chi connectivity index (χ0n) is 13.9. The number of hydrogen-bond donors (Lipinski definition) is 1. The van der Waals surface area contributed by atoms with Crippen LogP contribution in [0, 0.1) is 0 Å². The van der Waals surface area contributed by atoms with Crippen LogP contribution in [0.25, 0.3) is 0 Å². The van der Waals surface area contributed by atoms with Crippen molar-refractivity contribution in [2.75, 3.05) is 27.8 Å². The molecule has 0 aliphatic rings. The van der Waals surface area contributed by atoms with Crippen LogP contribution >= 0.6 is 11.3 Å². The number of thiophene rings is 1. The topological polar surface area (TPSA) is 67.9 Å². The predicted octanol–water partition coefficient (Wildman–Crippen LogP) is 2.15. The lowest BCUT2D eigenvalue weighted by Crippen LogP contribution is -2.37. The maximum absolute atomic E-state index is 12.2. The first-order valence-electron chi connectivity index (χ1n) is 7.31. The van der Waals surface area contributed by atoms with Crippen molar-refractivity contribution in [1.82, 2.24) is 10.2 Å². The average Bonchev–Trinajstić information content (AvgIpc) is 3.11. The molecule has 0 fully saturated rings. The second kappa shape index (κ2) is 8.35. The summed E-state index contributed by atoms with van der Waals surface area (Å²) in [5.41, 5.74) is 0.404. The van der Waals surface area contributed by atoms with Crippen LogP contribution in [0.4, 0.5) is 0 Å². The summed E-state index contributed by atoms with van der Waals surface area (Å²) in [6.45, 7) is 0.470. The van der Waals surface area contributed by atoms with Crippen molar-refractivity contribution in [1.29, 1.82) is 0 Å². The lowest BCUT2D eigenvalue weighted by Gasteiger charge is -2.16. The van der Waals surface area contributed by atoms with Crippen LogP contribution in [0.3, 0.4) is 0 Å². The van der Waals surface area contributed by atoms with Crippen LogP contribution in [0.2, 0.25) is 0 Å². The molecule has 24 heavy (non-hydrogen) atoms. The number of methoxy groups -OCH3 is 2. The van der Waals surface area contributed by atoms with E-state index in [4.69, 9.17) is 9.47 Å². The molecule has 0 bridgehead atoms. The molecule has 1 aromatic heterocycles. The molecular weight excluding hydrogens is 328 g/mol. The minimum Gasteiger partial charge on any atom is -0.493 e. The molecule has 0 atom stereocenters. The van der Waals surface area contributed by atoms with Crippen LogP contribution in [-0.2, 0) is 11.3 Å². The molecule has 0 radical (unpaired) electrons. The van der Waals surface area contributed by atoms with Crippen LogP contribution in [0.15, 0.2) is 35.7 Å². The summed E-state index contributed by atoms with van der Waals surface area (Å²) in [5, 5.41) is 4.59. The van der Waals surface area contributed by atoms with Gasteiger partial charge in [0.15, 0.2) is 11.5 Å². The van der Waals surface area contributed by atoms with Gasteiger partial charge in [-0.2, -0.15) is 0 Å². The fourth-order valence-corrected chi connectivity index (χ4v) is 2.85.